The zero-order valence-electron chi connectivity index (χ0n) is 12.7. The predicted molar refractivity (Wildman–Crippen MR) is 95.2 cm³/mol. The Morgan fingerprint density at radius 1 is 1.31 bits per heavy atom. The fourth-order valence-corrected chi connectivity index (χ4v) is 3.25. The SMILES string of the molecule is O=c1c2[nH]c3ccc(Br)cc3c2ncn1/N=C/c1ccc(S(=O)(=O)[O-])o1. The van der Waals surface area contributed by atoms with Gasteiger partial charge in [0.25, 0.3) is 5.56 Å². The van der Waals surface area contributed by atoms with Crippen LogP contribution in [-0.2, 0) is 10.1 Å². The number of nitrogens with one attached hydrogen (secondary N) is 1. The molecular weight excluding hydrogens is 428 g/mol. The molecular formula is C15H8BrN4O5S-. The van der Waals surface area contributed by atoms with Crippen molar-refractivity contribution in [2.45, 2.75) is 5.09 Å². The third kappa shape index (κ3) is 2.85. The number of hydrogen-bond acceptors (Lipinski definition) is 7. The van der Waals surface area contributed by atoms with Gasteiger partial charge in [-0.1, -0.05) is 15.9 Å². The molecule has 1 N–H and O–H groups in total. The molecule has 26 heavy (non-hydrogen) atoms. The summed E-state index contributed by atoms with van der Waals surface area (Å²) in [4.78, 5) is 19.8. The highest BCUT2D eigenvalue weighted by Crippen LogP contribution is 2.24. The zero-order valence-corrected chi connectivity index (χ0v) is 15.1. The Morgan fingerprint density at radius 3 is 2.85 bits per heavy atom. The van der Waals surface area contributed by atoms with Gasteiger partial charge in [-0.2, -0.15) is 9.78 Å². The summed E-state index contributed by atoms with van der Waals surface area (Å²) in [5.41, 5.74) is 1.10. The van der Waals surface area contributed by atoms with E-state index in [1.807, 2.05) is 18.2 Å². The van der Waals surface area contributed by atoms with E-state index in [0.29, 0.717) is 5.52 Å². The number of fused-ring (bicyclic) bond motifs is 3. The number of rotatable bonds is 3. The Morgan fingerprint density at radius 2 is 2.12 bits per heavy atom. The summed E-state index contributed by atoms with van der Waals surface area (Å²) in [6, 6.07) is 7.78. The molecule has 11 heteroatoms. The van der Waals surface area contributed by atoms with Gasteiger partial charge in [0.2, 0.25) is 5.09 Å². The Kier molecular flexibility index (Phi) is 3.79. The highest BCUT2D eigenvalue weighted by molar-refractivity contribution is 9.10. The van der Waals surface area contributed by atoms with Crippen molar-refractivity contribution in [3.63, 3.8) is 0 Å². The molecule has 0 spiro atoms. The van der Waals surface area contributed by atoms with Crippen LogP contribution >= 0.6 is 15.9 Å². The van der Waals surface area contributed by atoms with Crippen LogP contribution in [-0.4, -0.2) is 33.8 Å². The van der Waals surface area contributed by atoms with E-state index in [1.165, 1.54) is 12.4 Å². The lowest BCUT2D eigenvalue weighted by atomic mass is 10.2. The van der Waals surface area contributed by atoms with Gasteiger partial charge in [0.05, 0.1) is 6.21 Å². The van der Waals surface area contributed by atoms with Crippen LogP contribution in [0.15, 0.2) is 60.5 Å². The van der Waals surface area contributed by atoms with Crippen molar-refractivity contribution in [3.05, 3.63) is 57.2 Å². The first kappa shape index (κ1) is 16.7. The predicted octanol–water partition coefficient (Wildman–Crippen LogP) is 2.02. The minimum atomic E-state index is -4.69. The molecule has 0 aliphatic carbocycles. The second kappa shape index (κ2) is 5.90. The van der Waals surface area contributed by atoms with Crippen LogP contribution in [0.3, 0.4) is 0 Å². The van der Waals surface area contributed by atoms with E-state index in [9.17, 15) is 17.8 Å². The molecule has 132 valence electrons. The van der Waals surface area contributed by atoms with Crippen LogP contribution in [0.2, 0.25) is 0 Å². The molecule has 0 aliphatic rings. The van der Waals surface area contributed by atoms with Crippen LogP contribution in [0, 0.1) is 0 Å². The molecule has 9 nitrogen and oxygen atoms in total. The van der Waals surface area contributed by atoms with Crippen LogP contribution in [0.1, 0.15) is 5.76 Å². The van der Waals surface area contributed by atoms with E-state index in [1.54, 1.807) is 0 Å². The average molecular weight is 436 g/mol. The second-order valence-corrected chi connectivity index (χ2v) is 7.51. The number of hydrogen-bond donors (Lipinski definition) is 1. The number of halogens is 1. The molecule has 0 saturated heterocycles. The quantitative estimate of drug-likeness (QED) is 0.386. The van der Waals surface area contributed by atoms with Crippen molar-refractivity contribution >= 4 is 54.2 Å². The summed E-state index contributed by atoms with van der Waals surface area (Å²) >= 11 is 3.38. The number of aromatic nitrogens is 3. The summed E-state index contributed by atoms with van der Waals surface area (Å²) in [5, 5.41) is 3.98. The Balaban J connectivity index is 1.78. The highest BCUT2D eigenvalue weighted by atomic mass is 79.9. The number of aromatic amines is 1. The zero-order chi connectivity index (χ0) is 18.5. The van der Waals surface area contributed by atoms with Gasteiger partial charge >= 0.3 is 0 Å². The second-order valence-electron chi connectivity index (χ2n) is 5.29. The van der Waals surface area contributed by atoms with Crippen LogP contribution in [0.4, 0.5) is 0 Å². The molecule has 3 aromatic heterocycles. The van der Waals surface area contributed by atoms with Gasteiger partial charge in [0, 0.05) is 15.4 Å². The summed E-state index contributed by atoms with van der Waals surface area (Å²) < 4.78 is 39.3. The maximum Gasteiger partial charge on any atom is 0.298 e. The third-order valence-corrected chi connectivity index (χ3v) is 4.81. The van der Waals surface area contributed by atoms with E-state index >= 15 is 0 Å². The van der Waals surface area contributed by atoms with E-state index in [0.717, 1.165) is 32.3 Å². The number of nitrogens with zero attached hydrogens (tertiary/aromatic N) is 3. The number of H-pyrrole nitrogens is 1. The van der Waals surface area contributed by atoms with Crippen molar-refractivity contribution in [1.82, 2.24) is 14.6 Å². The minimum Gasteiger partial charge on any atom is -0.742 e. The molecule has 4 aromatic rings. The number of furan rings is 1. The standard InChI is InChI=1S/C15H9BrN4O5S/c16-8-1-3-11-10(5-8)13-14(19-11)15(21)20(7-17-13)18-6-9-2-4-12(25-9)26(22,23)24/h1-7,19H,(H,22,23,24)/p-1/b18-6+. The van der Waals surface area contributed by atoms with E-state index in [4.69, 9.17) is 4.42 Å². The first-order valence-electron chi connectivity index (χ1n) is 7.11. The van der Waals surface area contributed by atoms with Crippen LogP contribution < -0.4 is 5.56 Å². The normalized spacial score (nSPS) is 12.5. The third-order valence-electron chi connectivity index (χ3n) is 3.61. The molecule has 0 fully saturated rings. The lowest BCUT2D eigenvalue weighted by Crippen LogP contribution is -2.17. The topological polar surface area (TPSA) is 133 Å². The fraction of sp³-hybridized carbons (Fsp3) is 0. The minimum absolute atomic E-state index is 0.00648. The summed E-state index contributed by atoms with van der Waals surface area (Å²) in [7, 11) is -4.69. The first-order chi connectivity index (χ1) is 12.3. The summed E-state index contributed by atoms with van der Waals surface area (Å²) in [6.07, 6.45) is 2.35. The van der Waals surface area contributed by atoms with Crippen molar-refractivity contribution in [2.24, 2.45) is 5.10 Å². The Bertz CT molecular complexity index is 1350. The molecule has 0 aliphatic heterocycles. The van der Waals surface area contributed by atoms with Crippen LogP contribution in [0.25, 0.3) is 21.9 Å². The van der Waals surface area contributed by atoms with Gasteiger partial charge < -0.3 is 14.0 Å². The smallest absolute Gasteiger partial charge is 0.298 e. The average Bonchev–Trinajstić information content (AvgIpc) is 3.19. The monoisotopic (exact) mass is 435 g/mol. The molecule has 0 atom stereocenters. The van der Waals surface area contributed by atoms with Gasteiger partial charge in [0.1, 0.15) is 23.1 Å². The molecule has 3 heterocycles. The van der Waals surface area contributed by atoms with Gasteiger partial charge in [-0.25, -0.2) is 13.4 Å². The van der Waals surface area contributed by atoms with E-state index in [2.05, 4.69) is 31.0 Å². The molecule has 1 aromatic carbocycles. The molecule has 0 amide bonds. The van der Waals surface area contributed by atoms with Gasteiger partial charge in [-0.15, -0.1) is 0 Å². The summed E-state index contributed by atoms with van der Waals surface area (Å²) in [6.45, 7) is 0. The van der Waals surface area contributed by atoms with Crippen molar-refractivity contribution in [2.75, 3.05) is 0 Å². The lowest BCUT2D eigenvalue weighted by molar-refractivity contribution is 0.395. The molecule has 0 radical (unpaired) electrons. The molecule has 0 saturated carbocycles. The highest BCUT2D eigenvalue weighted by Gasteiger charge is 2.11. The lowest BCUT2D eigenvalue weighted by Gasteiger charge is -2.00. The first-order valence-corrected chi connectivity index (χ1v) is 9.32. The number of benzene rings is 1. The van der Waals surface area contributed by atoms with Gasteiger partial charge in [-0.3, -0.25) is 4.79 Å². The van der Waals surface area contributed by atoms with Crippen molar-refractivity contribution < 1.29 is 17.4 Å². The van der Waals surface area contributed by atoms with Crippen molar-refractivity contribution in [1.29, 1.82) is 0 Å². The fourth-order valence-electron chi connectivity index (χ4n) is 2.46. The van der Waals surface area contributed by atoms with Crippen LogP contribution in [0.5, 0.6) is 0 Å². The largest absolute Gasteiger partial charge is 0.742 e. The maximum atomic E-state index is 12.6. The summed E-state index contributed by atoms with van der Waals surface area (Å²) in [5.74, 6) is 0.00648. The van der Waals surface area contributed by atoms with Gasteiger partial charge in [0.15, 0.2) is 10.1 Å². The Hall–Kier alpha value is -2.76. The van der Waals surface area contributed by atoms with E-state index in [-0.39, 0.29) is 11.3 Å². The van der Waals surface area contributed by atoms with Crippen molar-refractivity contribution in [3.8, 4) is 0 Å². The molecule has 4 rings (SSSR count). The maximum absolute atomic E-state index is 12.6. The molecule has 0 bridgehead atoms. The molecule has 0 unspecified atom stereocenters. The van der Waals surface area contributed by atoms with Gasteiger partial charge in [-0.05, 0) is 30.3 Å². The Labute approximate surface area is 153 Å². The van der Waals surface area contributed by atoms with E-state index < -0.39 is 20.8 Å².